The fourth-order valence-corrected chi connectivity index (χ4v) is 2.96. The molecule has 3 heteroatoms. The van der Waals surface area contributed by atoms with Crippen molar-refractivity contribution in [2.75, 3.05) is 6.54 Å². The molecule has 2 heterocycles. The summed E-state index contributed by atoms with van der Waals surface area (Å²) in [4.78, 5) is 4.65. The number of hydrogen-bond acceptors (Lipinski definition) is 3. The first-order valence-corrected chi connectivity index (χ1v) is 6.59. The maximum atomic E-state index is 5.62. The third-order valence-electron chi connectivity index (χ3n) is 3.89. The third-order valence-corrected chi connectivity index (χ3v) is 3.89. The van der Waals surface area contributed by atoms with Gasteiger partial charge in [-0.05, 0) is 32.2 Å². The molecule has 3 rings (SSSR count). The molecule has 2 aliphatic rings. The molecule has 1 N–H and O–H groups in total. The highest BCUT2D eigenvalue weighted by atomic mass is 16.3. The molecule has 2 fully saturated rings. The molecule has 1 saturated heterocycles. The van der Waals surface area contributed by atoms with E-state index in [1.165, 1.54) is 38.5 Å². The summed E-state index contributed by atoms with van der Waals surface area (Å²) in [5, 5.41) is 3.50. The Balaban J connectivity index is 1.62. The van der Waals surface area contributed by atoms with Crippen LogP contribution in [-0.4, -0.2) is 17.6 Å². The average molecular weight is 220 g/mol. The fourth-order valence-electron chi connectivity index (χ4n) is 2.96. The van der Waals surface area contributed by atoms with Crippen molar-refractivity contribution in [3.05, 3.63) is 17.8 Å². The van der Waals surface area contributed by atoms with E-state index in [0.717, 1.165) is 24.6 Å². The predicted molar refractivity (Wildman–Crippen MR) is 62.4 cm³/mol. The van der Waals surface area contributed by atoms with Gasteiger partial charge >= 0.3 is 0 Å². The van der Waals surface area contributed by atoms with E-state index in [9.17, 15) is 0 Å². The second-order valence-electron chi connectivity index (χ2n) is 5.16. The Labute approximate surface area is 96.6 Å². The van der Waals surface area contributed by atoms with Gasteiger partial charge < -0.3 is 9.73 Å². The summed E-state index contributed by atoms with van der Waals surface area (Å²) in [6.45, 7) is 1.16. The molecular formula is C13H20N2O. The van der Waals surface area contributed by atoms with E-state index in [1.807, 2.05) is 6.26 Å². The van der Waals surface area contributed by atoms with Gasteiger partial charge in [-0.2, -0.15) is 0 Å². The van der Waals surface area contributed by atoms with Crippen LogP contribution in [0.1, 0.15) is 56.0 Å². The minimum atomic E-state index is 0.602. The van der Waals surface area contributed by atoms with Crippen molar-refractivity contribution in [1.82, 2.24) is 10.3 Å². The lowest BCUT2D eigenvalue weighted by molar-refractivity contribution is 0.448. The molecule has 0 spiro atoms. The average Bonchev–Trinajstić information content (AvgIpc) is 2.99. The molecule has 1 saturated carbocycles. The Morgan fingerprint density at radius 3 is 2.88 bits per heavy atom. The molecule has 0 aromatic carbocycles. The number of hydrogen-bond donors (Lipinski definition) is 1. The Morgan fingerprint density at radius 2 is 2.12 bits per heavy atom. The quantitative estimate of drug-likeness (QED) is 0.851. The normalized spacial score (nSPS) is 26.6. The van der Waals surface area contributed by atoms with Gasteiger partial charge in [-0.15, -0.1) is 0 Å². The van der Waals surface area contributed by atoms with Gasteiger partial charge in [0.1, 0.15) is 6.26 Å². The van der Waals surface area contributed by atoms with Crippen LogP contribution in [0.15, 0.2) is 10.7 Å². The van der Waals surface area contributed by atoms with E-state index in [-0.39, 0.29) is 0 Å². The van der Waals surface area contributed by atoms with Crippen molar-refractivity contribution < 1.29 is 4.42 Å². The number of nitrogens with one attached hydrogen (secondary N) is 1. The van der Waals surface area contributed by atoms with Gasteiger partial charge in [0.05, 0.1) is 5.69 Å². The SMILES string of the molecule is c1oc(C2CCCC2)nc1CC1CCCN1. The molecular weight excluding hydrogens is 200 g/mol. The van der Waals surface area contributed by atoms with Crippen LogP contribution in [0.2, 0.25) is 0 Å². The molecule has 1 atom stereocenters. The molecule has 1 aromatic rings. The number of aromatic nitrogens is 1. The van der Waals surface area contributed by atoms with E-state index < -0.39 is 0 Å². The molecule has 1 aliphatic heterocycles. The van der Waals surface area contributed by atoms with Crippen LogP contribution in [0, 0.1) is 0 Å². The van der Waals surface area contributed by atoms with Gasteiger partial charge in [-0.1, -0.05) is 12.8 Å². The van der Waals surface area contributed by atoms with Crippen molar-refractivity contribution >= 4 is 0 Å². The Bertz CT molecular complexity index is 335. The molecule has 0 radical (unpaired) electrons. The minimum Gasteiger partial charge on any atom is -0.448 e. The Morgan fingerprint density at radius 1 is 1.25 bits per heavy atom. The van der Waals surface area contributed by atoms with E-state index in [2.05, 4.69) is 10.3 Å². The first-order chi connectivity index (χ1) is 7.92. The van der Waals surface area contributed by atoms with E-state index in [4.69, 9.17) is 4.42 Å². The van der Waals surface area contributed by atoms with Gasteiger partial charge in [0.15, 0.2) is 5.89 Å². The molecule has 0 amide bonds. The second kappa shape index (κ2) is 4.58. The number of rotatable bonds is 3. The molecule has 88 valence electrons. The molecule has 1 aliphatic carbocycles. The van der Waals surface area contributed by atoms with Crippen LogP contribution in [-0.2, 0) is 6.42 Å². The highest BCUT2D eigenvalue weighted by Crippen LogP contribution is 2.33. The third kappa shape index (κ3) is 2.14. The van der Waals surface area contributed by atoms with Gasteiger partial charge in [0, 0.05) is 18.4 Å². The van der Waals surface area contributed by atoms with Gasteiger partial charge in [0.2, 0.25) is 0 Å². The van der Waals surface area contributed by atoms with Crippen molar-refractivity contribution in [2.45, 2.75) is 56.9 Å². The smallest absolute Gasteiger partial charge is 0.197 e. The van der Waals surface area contributed by atoms with Crippen LogP contribution in [0.4, 0.5) is 0 Å². The zero-order valence-corrected chi connectivity index (χ0v) is 9.74. The Hall–Kier alpha value is -0.830. The molecule has 3 nitrogen and oxygen atoms in total. The van der Waals surface area contributed by atoms with E-state index in [1.54, 1.807) is 0 Å². The molecule has 0 bridgehead atoms. The van der Waals surface area contributed by atoms with Crippen LogP contribution < -0.4 is 5.32 Å². The lowest BCUT2D eigenvalue weighted by Crippen LogP contribution is -2.23. The van der Waals surface area contributed by atoms with E-state index in [0.29, 0.717) is 12.0 Å². The predicted octanol–water partition coefficient (Wildman–Crippen LogP) is 2.63. The maximum Gasteiger partial charge on any atom is 0.197 e. The lowest BCUT2D eigenvalue weighted by Gasteiger charge is -2.06. The zero-order valence-electron chi connectivity index (χ0n) is 9.74. The van der Waals surface area contributed by atoms with Crippen LogP contribution in [0.3, 0.4) is 0 Å². The summed E-state index contributed by atoms with van der Waals surface area (Å²) in [5.74, 6) is 1.59. The first-order valence-electron chi connectivity index (χ1n) is 6.59. The monoisotopic (exact) mass is 220 g/mol. The van der Waals surface area contributed by atoms with Crippen molar-refractivity contribution in [3.8, 4) is 0 Å². The molecule has 16 heavy (non-hydrogen) atoms. The number of oxazole rings is 1. The largest absolute Gasteiger partial charge is 0.448 e. The molecule has 1 aromatic heterocycles. The number of nitrogens with zero attached hydrogens (tertiary/aromatic N) is 1. The fraction of sp³-hybridized carbons (Fsp3) is 0.769. The standard InChI is InChI=1S/C13H20N2O/c1-2-5-10(4-1)13-15-12(9-16-13)8-11-6-3-7-14-11/h9-11,14H,1-8H2. The zero-order chi connectivity index (χ0) is 10.8. The van der Waals surface area contributed by atoms with Gasteiger partial charge in [-0.3, -0.25) is 0 Å². The summed E-state index contributed by atoms with van der Waals surface area (Å²) >= 11 is 0. The topological polar surface area (TPSA) is 38.1 Å². The van der Waals surface area contributed by atoms with Crippen LogP contribution in [0.25, 0.3) is 0 Å². The summed E-state index contributed by atoms with van der Waals surface area (Å²) < 4.78 is 5.62. The summed E-state index contributed by atoms with van der Waals surface area (Å²) in [5.41, 5.74) is 1.14. The highest BCUT2D eigenvalue weighted by Gasteiger charge is 2.23. The molecule has 1 unspecified atom stereocenters. The van der Waals surface area contributed by atoms with E-state index >= 15 is 0 Å². The Kier molecular flexibility index (Phi) is 2.96. The van der Waals surface area contributed by atoms with Gasteiger partial charge in [-0.25, -0.2) is 4.98 Å². The summed E-state index contributed by atoms with van der Waals surface area (Å²) in [7, 11) is 0. The maximum absolute atomic E-state index is 5.62. The minimum absolute atomic E-state index is 0.602. The highest BCUT2D eigenvalue weighted by molar-refractivity contribution is 5.04. The van der Waals surface area contributed by atoms with Crippen molar-refractivity contribution in [2.24, 2.45) is 0 Å². The lowest BCUT2D eigenvalue weighted by atomic mass is 10.1. The van der Waals surface area contributed by atoms with Crippen LogP contribution >= 0.6 is 0 Å². The summed E-state index contributed by atoms with van der Waals surface area (Å²) in [6, 6.07) is 0.626. The van der Waals surface area contributed by atoms with Crippen LogP contribution in [0.5, 0.6) is 0 Å². The first kappa shape index (κ1) is 10.3. The van der Waals surface area contributed by atoms with Crippen molar-refractivity contribution in [1.29, 1.82) is 0 Å². The van der Waals surface area contributed by atoms with Crippen molar-refractivity contribution in [3.63, 3.8) is 0 Å². The van der Waals surface area contributed by atoms with Gasteiger partial charge in [0.25, 0.3) is 0 Å². The summed E-state index contributed by atoms with van der Waals surface area (Å²) in [6.07, 6.45) is 10.7. The second-order valence-corrected chi connectivity index (χ2v) is 5.16.